The van der Waals surface area contributed by atoms with Gasteiger partial charge in [-0.25, -0.2) is 0 Å². The van der Waals surface area contributed by atoms with Crippen molar-refractivity contribution in [2.75, 3.05) is 13.1 Å². The number of hydrogen-bond donors (Lipinski definition) is 1. The molecular formula is C17H27N. The molecule has 0 saturated carbocycles. The molecule has 0 aliphatic rings. The van der Waals surface area contributed by atoms with E-state index in [0.717, 1.165) is 19.5 Å². The van der Waals surface area contributed by atoms with Crippen LogP contribution in [0.5, 0.6) is 0 Å². The Morgan fingerprint density at radius 3 is 2.50 bits per heavy atom. The Morgan fingerprint density at radius 2 is 1.83 bits per heavy atom. The summed E-state index contributed by atoms with van der Waals surface area (Å²) in [6.45, 7) is 10.5. The molecule has 0 heterocycles. The maximum Gasteiger partial charge on any atom is 0.00431 e. The van der Waals surface area contributed by atoms with Crippen LogP contribution < -0.4 is 5.32 Å². The van der Waals surface area contributed by atoms with Gasteiger partial charge < -0.3 is 5.32 Å². The Bertz CT molecular complexity index is 327. The Hall–Kier alpha value is -1.08. The van der Waals surface area contributed by atoms with Crippen molar-refractivity contribution in [1.82, 2.24) is 5.32 Å². The van der Waals surface area contributed by atoms with Gasteiger partial charge in [0.25, 0.3) is 0 Å². The molecule has 100 valence electrons. The van der Waals surface area contributed by atoms with Crippen molar-refractivity contribution in [3.8, 4) is 0 Å². The topological polar surface area (TPSA) is 12.0 Å². The van der Waals surface area contributed by atoms with Crippen LogP contribution in [0, 0.1) is 0 Å². The standard InChI is InChI=1S/C17H27N/c1-4-5-6-7-11-14-18-15-17(2,3)16-12-9-8-10-13-16/h4,8-10,12-13,18H,1,5-7,11,14-15H2,2-3H3. The van der Waals surface area contributed by atoms with Gasteiger partial charge in [-0.15, -0.1) is 6.58 Å². The molecule has 0 aliphatic heterocycles. The molecule has 1 aromatic carbocycles. The summed E-state index contributed by atoms with van der Waals surface area (Å²) in [4.78, 5) is 0. The highest BCUT2D eigenvalue weighted by atomic mass is 14.9. The third-order valence-electron chi connectivity index (χ3n) is 3.38. The highest BCUT2D eigenvalue weighted by molar-refractivity contribution is 5.23. The summed E-state index contributed by atoms with van der Waals surface area (Å²) in [5.41, 5.74) is 1.62. The lowest BCUT2D eigenvalue weighted by molar-refractivity contribution is 0.462. The van der Waals surface area contributed by atoms with Gasteiger partial charge in [-0.05, 0) is 31.4 Å². The Morgan fingerprint density at radius 1 is 1.11 bits per heavy atom. The first-order chi connectivity index (χ1) is 8.67. The second-order valence-corrected chi connectivity index (χ2v) is 5.56. The van der Waals surface area contributed by atoms with E-state index in [4.69, 9.17) is 0 Å². The Labute approximate surface area is 112 Å². The van der Waals surface area contributed by atoms with Crippen molar-refractivity contribution in [2.24, 2.45) is 0 Å². The van der Waals surface area contributed by atoms with E-state index in [9.17, 15) is 0 Å². The van der Waals surface area contributed by atoms with E-state index in [-0.39, 0.29) is 5.41 Å². The van der Waals surface area contributed by atoms with Crippen LogP contribution >= 0.6 is 0 Å². The molecule has 0 bridgehead atoms. The van der Waals surface area contributed by atoms with Gasteiger partial charge in [-0.1, -0.05) is 56.7 Å². The summed E-state index contributed by atoms with van der Waals surface area (Å²) in [5.74, 6) is 0. The van der Waals surface area contributed by atoms with Gasteiger partial charge in [-0.3, -0.25) is 0 Å². The van der Waals surface area contributed by atoms with Gasteiger partial charge >= 0.3 is 0 Å². The molecular weight excluding hydrogens is 218 g/mol. The first kappa shape index (κ1) is 15.0. The average molecular weight is 245 g/mol. The van der Waals surface area contributed by atoms with Gasteiger partial charge in [-0.2, -0.15) is 0 Å². The van der Waals surface area contributed by atoms with Crippen LogP contribution in [0.15, 0.2) is 43.0 Å². The first-order valence-corrected chi connectivity index (χ1v) is 7.04. The zero-order valence-electron chi connectivity index (χ0n) is 11.9. The predicted molar refractivity (Wildman–Crippen MR) is 81.0 cm³/mol. The Kier molecular flexibility index (Phi) is 6.74. The molecule has 0 amide bonds. The lowest BCUT2D eigenvalue weighted by Gasteiger charge is -2.25. The molecule has 18 heavy (non-hydrogen) atoms. The summed E-state index contributed by atoms with van der Waals surface area (Å²) in [5, 5.41) is 3.58. The van der Waals surface area contributed by atoms with E-state index in [1.165, 1.54) is 24.8 Å². The fourth-order valence-electron chi connectivity index (χ4n) is 2.11. The van der Waals surface area contributed by atoms with Gasteiger partial charge in [0, 0.05) is 12.0 Å². The zero-order chi connectivity index (χ0) is 13.3. The van der Waals surface area contributed by atoms with E-state index >= 15 is 0 Å². The minimum atomic E-state index is 0.211. The first-order valence-electron chi connectivity index (χ1n) is 7.04. The third-order valence-corrected chi connectivity index (χ3v) is 3.38. The van der Waals surface area contributed by atoms with Crippen LogP contribution in [-0.2, 0) is 5.41 Å². The molecule has 1 N–H and O–H groups in total. The van der Waals surface area contributed by atoms with Crippen molar-refractivity contribution >= 4 is 0 Å². The Balaban J connectivity index is 2.20. The summed E-state index contributed by atoms with van der Waals surface area (Å²) >= 11 is 0. The molecule has 0 atom stereocenters. The number of nitrogens with one attached hydrogen (secondary N) is 1. The molecule has 0 fully saturated rings. The van der Waals surface area contributed by atoms with Gasteiger partial charge in [0.15, 0.2) is 0 Å². The highest BCUT2D eigenvalue weighted by Crippen LogP contribution is 2.21. The van der Waals surface area contributed by atoms with Crippen molar-refractivity contribution in [3.05, 3.63) is 48.6 Å². The summed E-state index contributed by atoms with van der Waals surface area (Å²) < 4.78 is 0. The van der Waals surface area contributed by atoms with Gasteiger partial charge in [0.05, 0.1) is 0 Å². The molecule has 0 saturated heterocycles. The maximum atomic E-state index is 3.74. The predicted octanol–water partition coefficient (Wildman–Crippen LogP) is 4.30. The van der Waals surface area contributed by atoms with Gasteiger partial charge in [0.1, 0.15) is 0 Å². The largest absolute Gasteiger partial charge is 0.316 e. The van der Waals surface area contributed by atoms with Crippen molar-refractivity contribution in [1.29, 1.82) is 0 Å². The molecule has 0 aromatic heterocycles. The third kappa shape index (κ3) is 5.50. The zero-order valence-corrected chi connectivity index (χ0v) is 11.9. The quantitative estimate of drug-likeness (QED) is 0.505. The molecule has 1 rings (SSSR count). The van der Waals surface area contributed by atoms with Crippen LogP contribution in [0.1, 0.15) is 45.1 Å². The van der Waals surface area contributed by atoms with Crippen molar-refractivity contribution < 1.29 is 0 Å². The number of rotatable bonds is 9. The van der Waals surface area contributed by atoms with E-state index < -0.39 is 0 Å². The molecule has 0 radical (unpaired) electrons. The van der Waals surface area contributed by atoms with E-state index in [0.29, 0.717) is 0 Å². The molecule has 0 spiro atoms. The van der Waals surface area contributed by atoms with Crippen LogP contribution in [0.2, 0.25) is 0 Å². The number of unbranched alkanes of at least 4 members (excludes halogenated alkanes) is 3. The number of benzene rings is 1. The van der Waals surface area contributed by atoms with E-state index in [1.807, 2.05) is 6.08 Å². The fourth-order valence-corrected chi connectivity index (χ4v) is 2.11. The number of hydrogen-bond acceptors (Lipinski definition) is 1. The smallest absolute Gasteiger partial charge is 0.00431 e. The highest BCUT2D eigenvalue weighted by Gasteiger charge is 2.19. The van der Waals surface area contributed by atoms with E-state index in [1.54, 1.807) is 0 Å². The molecule has 1 heteroatoms. The minimum Gasteiger partial charge on any atom is -0.316 e. The average Bonchev–Trinajstić information content (AvgIpc) is 2.39. The second-order valence-electron chi connectivity index (χ2n) is 5.56. The molecule has 0 unspecified atom stereocenters. The minimum absolute atomic E-state index is 0.211. The maximum absolute atomic E-state index is 3.74. The van der Waals surface area contributed by atoms with Gasteiger partial charge in [0.2, 0.25) is 0 Å². The normalized spacial score (nSPS) is 11.4. The summed E-state index contributed by atoms with van der Waals surface area (Å²) in [6, 6.07) is 10.7. The summed E-state index contributed by atoms with van der Waals surface area (Å²) in [6.07, 6.45) is 6.98. The molecule has 1 aromatic rings. The monoisotopic (exact) mass is 245 g/mol. The van der Waals surface area contributed by atoms with E-state index in [2.05, 4.69) is 56.1 Å². The van der Waals surface area contributed by atoms with Crippen LogP contribution in [0.3, 0.4) is 0 Å². The second kappa shape index (κ2) is 8.10. The van der Waals surface area contributed by atoms with Crippen molar-refractivity contribution in [3.63, 3.8) is 0 Å². The number of allylic oxidation sites excluding steroid dienone is 1. The lowest BCUT2D eigenvalue weighted by atomic mass is 9.84. The van der Waals surface area contributed by atoms with Crippen LogP contribution in [0.4, 0.5) is 0 Å². The molecule has 1 nitrogen and oxygen atoms in total. The SMILES string of the molecule is C=CCCCCCNCC(C)(C)c1ccccc1. The fraction of sp³-hybridized carbons (Fsp3) is 0.529. The van der Waals surface area contributed by atoms with Crippen molar-refractivity contribution in [2.45, 2.75) is 44.9 Å². The lowest BCUT2D eigenvalue weighted by Crippen LogP contribution is -2.33. The van der Waals surface area contributed by atoms with Crippen LogP contribution in [-0.4, -0.2) is 13.1 Å². The van der Waals surface area contributed by atoms with Crippen LogP contribution in [0.25, 0.3) is 0 Å². The summed E-state index contributed by atoms with van der Waals surface area (Å²) in [7, 11) is 0. The molecule has 0 aliphatic carbocycles.